The highest BCUT2D eigenvalue weighted by Gasteiger charge is 2.24. The van der Waals surface area contributed by atoms with Crippen LogP contribution in [0.5, 0.6) is 5.75 Å². The zero-order valence-electron chi connectivity index (χ0n) is 16.0. The molecule has 0 radical (unpaired) electrons. The number of hydrogen-bond acceptors (Lipinski definition) is 5. The van der Waals surface area contributed by atoms with Crippen LogP contribution in [0, 0.1) is 17.0 Å². The normalized spacial score (nSPS) is 13.5. The summed E-state index contributed by atoms with van der Waals surface area (Å²) in [7, 11) is -3.82. The Morgan fingerprint density at radius 2 is 1.67 bits per heavy atom. The minimum atomic E-state index is -3.82. The van der Waals surface area contributed by atoms with E-state index < -0.39 is 14.9 Å². The molecule has 0 aromatic heterocycles. The molecule has 0 amide bonds. The van der Waals surface area contributed by atoms with Gasteiger partial charge in [0.25, 0.3) is 5.69 Å². The molecule has 1 aliphatic rings. The Morgan fingerprint density at radius 1 is 1.00 bits per heavy atom. The highest BCUT2D eigenvalue weighted by atomic mass is 32.2. The summed E-state index contributed by atoms with van der Waals surface area (Å²) >= 11 is 0. The Kier molecular flexibility index (Phi) is 4.89. The van der Waals surface area contributed by atoms with E-state index in [9.17, 15) is 18.5 Å². The Hall–Kier alpha value is -3.49. The van der Waals surface area contributed by atoms with Crippen molar-refractivity contribution in [1.82, 2.24) is 0 Å². The van der Waals surface area contributed by atoms with Gasteiger partial charge in [0.15, 0.2) is 0 Å². The molecule has 4 rings (SSSR count). The number of rotatable bonds is 4. The molecule has 3 aromatic rings. The molecular formula is C22H18N2O5S. The lowest BCUT2D eigenvalue weighted by Gasteiger charge is -2.24. The van der Waals surface area contributed by atoms with Crippen molar-refractivity contribution in [2.45, 2.75) is 18.2 Å². The van der Waals surface area contributed by atoms with Gasteiger partial charge in [0.2, 0.25) is 10.0 Å². The molecule has 1 heterocycles. The van der Waals surface area contributed by atoms with Crippen molar-refractivity contribution in [3.05, 3.63) is 99.1 Å². The summed E-state index contributed by atoms with van der Waals surface area (Å²) in [6, 6.07) is 18.7. The molecule has 0 spiro atoms. The van der Waals surface area contributed by atoms with Gasteiger partial charge in [0.05, 0.1) is 9.82 Å². The first-order chi connectivity index (χ1) is 14.2. The largest absolute Gasteiger partial charge is 0.456 e. The van der Waals surface area contributed by atoms with E-state index in [1.54, 1.807) is 31.2 Å². The predicted octanol–water partition coefficient (Wildman–Crippen LogP) is 4.05. The third-order valence-electron chi connectivity index (χ3n) is 5.03. The van der Waals surface area contributed by atoms with Crippen LogP contribution in [0.15, 0.2) is 71.6 Å². The lowest BCUT2D eigenvalue weighted by atomic mass is 9.91. The summed E-state index contributed by atoms with van der Waals surface area (Å²) in [5, 5.41) is 16.6. The molecule has 8 heteroatoms. The van der Waals surface area contributed by atoms with Gasteiger partial charge in [0, 0.05) is 29.2 Å². The summed E-state index contributed by atoms with van der Waals surface area (Å²) in [5.41, 5.74) is 3.66. The molecule has 0 atom stereocenters. The molecule has 0 saturated carbocycles. The van der Waals surface area contributed by atoms with Crippen LogP contribution in [0.25, 0.3) is 11.3 Å². The van der Waals surface area contributed by atoms with Gasteiger partial charge in [-0.1, -0.05) is 30.3 Å². The summed E-state index contributed by atoms with van der Waals surface area (Å²) < 4.78 is 29.3. The number of para-hydroxylation sites is 1. The fraction of sp³-hybridized carbons (Fsp3) is 0.0909. The molecule has 0 saturated heterocycles. The molecule has 152 valence electrons. The van der Waals surface area contributed by atoms with E-state index in [0.717, 1.165) is 11.1 Å². The van der Waals surface area contributed by atoms with Crippen molar-refractivity contribution >= 4 is 27.0 Å². The van der Waals surface area contributed by atoms with Crippen LogP contribution in [-0.4, -0.2) is 13.3 Å². The topological polar surface area (TPSA) is 113 Å². The maximum Gasteiger partial charge on any atom is 0.272 e. The fourth-order valence-corrected chi connectivity index (χ4v) is 3.96. The number of primary sulfonamides is 1. The zero-order valence-corrected chi connectivity index (χ0v) is 16.8. The third kappa shape index (κ3) is 3.70. The first-order valence-electron chi connectivity index (χ1n) is 9.11. The molecule has 0 unspecified atom stereocenters. The molecule has 30 heavy (non-hydrogen) atoms. The molecule has 3 aromatic carbocycles. The van der Waals surface area contributed by atoms with E-state index >= 15 is 0 Å². The number of ether oxygens (including phenoxy) is 1. The van der Waals surface area contributed by atoms with Crippen LogP contribution < -0.4 is 9.88 Å². The SMILES string of the molecule is Cc1ccc(C2=C(c3ccc(S(N)(=O)=O)cc3)Oc3ccccc3C2)cc1[N+](=O)[O-]. The van der Waals surface area contributed by atoms with Crippen LogP contribution in [-0.2, 0) is 16.4 Å². The molecular weight excluding hydrogens is 404 g/mol. The summed E-state index contributed by atoms with van der Waals surface area (Å²) in [6.07, 6.45) is 0.517. The fourth-order valence-electron chi connectivity index (χ4n) is 3.45. The second kappa shape index (κ2) is 7.40. The minimum absolute atomic E-state index is 0.00409. The van der Waals surface area contributed by atoms with Crippen LogP contribution in [0.2, 0.25) is 0 Å². The van der Waals surface area contributed by atoms with Gasteiger partial charge in [-0.25, -0.2) is 13.6 Å². The number of benzene rings is 3. The van der Waals surface area contributed by atoms with Gasteiger partial charge in [-0.3, -0.25) is 10.1 Å². The quantitative estimate of drug-likeness (QED) is 0.503. The van der Waals surface area contributed by atoms with E-state index in [2.05, 4.69) is 0 Å². The smallest absolute Gasteiger partial charge is 0.272 e. The molecule has 0 aliphatic carbocycles. The maximum absolute atomic E-state index is 11.6. The molecule has 1 aliphatic heterocycles. The Balaban J connectivity index is 1.89. The van der Waals surface area contributed by atoms with Gasteiger partial charge in [0.1, 0.15) is 11.5 Å². The van der Waals surface area contributed by atoms with Crippen molar-refractivity contribution in [3.8, 4) is 5.75 Å². The van der Waals surface area contributed by atoms with Gasteiger partial charge < -0.3 is 4.74 Å². The predicted molar refractivity (Wildman–Crippen MR) is 113 cm³/mol. The second-order valence-electron chi connectivity index (χ2n) is 7.02. The van der Waals surface area contributed by atoms with Crippen molar-refractivity contribution in [2.75, 3.05) is 0 Å². The van der Waals surface area contributed by atoms with Gasteiger partial charge in [-0.15, -0.1) is 0 Å². The van der Waals surface area contributed by atoms with Crippen molar-refractivity contribution in [1.29, 1.82) is 0 Å². The number of aryl methyl sites for hydroxylation is 1. The Labute approximate surface area is 173 Å². The molecule has 0 bridgehead atoms. The average Bonchev–Trinajstić information content (AvgIpc) is 2.72. The monoisotopic (exact) mass is 422 g/mol. The highest BCUT2D eigenvalue weighted by molar-refractivity contribution is 7.89. The number of nitrogens with two attached hydrogens (primary N) is 1. The first-order valence-corrected chi connectivity index (χ1v) is 10.7. The number of nitrogens with zero attached hydrogens (tertiary/aromatic N) is 1. The number of sulfonamides is 1. The number of allylic oxidation sites excluding steroid dienone is 1. The van der Waals surface area contributed by atoms with Crippen molar-refractivity contribution < 1.29 is 18.1 Å². The average molecular weight is 422 g/mol. The van der Waals surface area contributed by atoms with E-state index in [1.807, 2.05) is 30.3 Å². The Bertz CT molecular complexity index is 1300. The van der Waals surface area contributed by atoms with Crippen LogP contribution >= 0.6 is 0 Å². The highest BCUT2D eigenvalue weighted by Crippen LogP contribution is 2.40. The lowest BCUT2D eigenvalue weighted by Crippen LogP contribution is -2.13. The number of nitro benzene ring substituents is 1. The van der Waals surface area contributed by atoms with Crippen molar-refractivity contribution in [3.63, 3.8) is 0 Å². The maximum atomic E-state index is 11.6. The standard InChI is InChI=1S/C22H18N2O5S/c1-14-6-7-16(13-20(14)24(25)26)19-12-17-4-2-3-5-21(17)29-22(19)15-8-10-18(11-9-15)30(23,27)28/h2-11,13H,12H2,1H3,(H2,23,27,28). The number of nitro groups is 1. The summed E-state index contributed by atoms with van der Waals surface area (Å²) in [5.74, 6) is 1.21. The number of hydrogen-bond donors (Lipinski definition) is 1. The summed E-state index contributed by atoms with van der Waals surface area (Å²) in [4.78, 5) is 11.0. The lowest BCUT2D eigenvalue weighted by molar-refractivity contribution is -0.385. The van der Waals surface area contributed by atoms with Gasteiger partial charge in [-0.05, 0) is 48.4 Å². The van der Waals surface area contributed by atoms with Crippen LogP contribution in [0.1, 0.15) is 22.3 Å². The van der Waals surface area contributed by atoms with E-state index in [-0.39, 0.29) is 10.6 Å². The second-order valence-corrected chi connectivity index (χ2v) is 8.58. The molecule has 7 nitrogen and oxygen atoms in total. The third-order valence-corrected chi connectivity index (χ3v) is 5.95. The van der Waals surface area contributed by atoms with Crippen molar-refractivity contribution in [2.24, 2.45) is 5.14 Å². The zero-order chi connectivity index (χ0) is 21.5. The first kappa shape index (κ1) is 19.8. The number of fused-ring (bicyclic) bond motifs is 1. The minimum Gasteiger partial charge on any atom is -0.456 e. The van der Waals surface area contributed by atoms with Crippen LogP contribution in [0.4, 0.5) is 5.69 Å². The van der Waals surface area contributed by atoms with E-state index in [0.29, 0.717) is 34.6 Å². The van der Waals surface area contributed by atoms with Crippen LogP contribution in [0.3, 0.4) is 0 Å². The van der Waals surface area contributed by atoms with Gasteiger partial charge >= 0.3 is 0 Å². The molecule has 0 fully saturated rings. The van der Waals surface area contributed by atoms with E-state index in [1.165, 1.54) is 12.1 Å². The van der Waals surface area contributed by atoms with Gasteiger partial charge in [-0.2, -0.15) is 0 Å². The Morgan fingerprint density at radius 3 is 2.33 bits per heavy atom. The molecule has 2 N–H and O–H groups in total. The van der Waals surface area contributed by atoms with E-state index in [4.69, 9.17) is 9.88 Å². The summed E-state index contributed by atoms with van der Waals surface area (Å²) in [6.45, 7) is 1.69.